The molecule has 3 rings (SSSR count). The maximum absolute atomic E-state index is 12.9. The second kappa shape index (κ2) is 5.02. The number of hydrogen-bond acceptors (Lipinski definition) is 3. The topological polar surface area (TPSA) is 35.5 Å². The molecule has 102 valence electrons. The molecule has 0 aromatic heterocycles. The summed E-state index contributed by atoms with van der Waals surface area (Å²) in [6, 6.07) is 5.79. The van der Waals surface area contributed by atoms with Crippen LogP contribution in [0.3, 0.4) is 0 Å². The molecule has 0 radical (unpaired) electrons. The van der Waals surface area contributed by atoms with Gasteiger partial charge < -0.3 is 9.47 Å². The van der Waals surface area contributed by atoms with Crippen molar-refractivity contribution >= 4 is 5.78 Å². The highest BCUT2D eigenvalue weighted by Gasteiger charge is 2.42. The Morgan fingerprint density at radius 1 is 1.26 bits per heavy atom. The molecule has 0 aliphatic carbocycles. The summed E-state index contributed by atoms with van der Waals surface area (Å²) in [7, 11) is 0. The number of Topliss-reactive ketones (excluding diaryl/α,β-unsaturated/α-hetero) is 1. The molecule has 2 aliphatic rings. The van der Waals surface area contributed by atoms with Crippen LogP contribution < -0.4 is 0 Å². The second-order valence-electron chi connectivity index (χ2n) is 5.39. The molecule has 2 heterocycles. The normalized spacial score (nSPS) is 30.7. The highest BCUT2D eigenvalue weighted by Crippen LogP contribution is 2.37. The average molecular weight is 264 g/mol. The van der Waals surface area contributed by atoms with Crippen LogP contribution in [0.15, 0.2) is 24.3 Å². The number of ether oxygens (including phenoxy) is 2. The number of halogens is 1. The second-order valence-corrected chi connectivity index (χ2v) is 5.39. The zero-order valence-electron chi connectivity index (χ0n) is 10.7. The van der Waals surface area contributed by atoms with Gasteiger partial charge in [-0.2, -0.15) is 0 Å². The Bertz CT molecular complexity index is 463. The van der Waals surface area contributed by atoms with Crippen LogP contribution in [-0.4, -0.2) is 31.2 Å². The first-order valence-corrected chi connectivity index (χ1v) is 6.70. The number of rotatable bonds is 2. The standard InChI is InChI=1S/C15H17FO3/c16-13-3-1-11(2-4-13)14(17)12-5-7-19-15(9-12)6-8-18-10-15/h1-4,12H,5-10H2. The molecule has 0 amide bonds. The average Bonchev–Trinajstić information content (AvgIpc) is 2.87. The van der Waals surface area contributed by atoms with E-state index >= 15 is 0 Å². The quantitative estimate of drug-likeness (QED) is 0.770. The molecule has 1 aromatic carbocycles. The fraction of sp³-hybridized carbons (Fsp3) is 0.533. The van der Waals surface area contributed by atoms with Gasteiger partial charge in [-0.05, 0) is 37.1 Å². The van der Waals surface area contributed by atoms with Gasteiger partial charge in [0.2, 0.25) is 0 Å². The number of ketones is 1. The minimum Gasteiger partial charge on any atom is -0.378 e. The van der Waals surface area contributed by atoms with E-state index < -0.39 is 0 Å². The van der Waals surface area contributed by atoms with Crippen molar-refractivity contribution in [3.63, 3.8) is 0 Å². The molecule has 2 atom stereocenters. The van der Waals surface area contributed by atoms with E-state index in [1.54, 1.807) is 12.1 Å². The fourth-order valence-corrected chi connectivity index (χ4v) is 2.96. The molecule has 1 spiro atoms. The van der Waals surface area contributed by atoms with E-state index in [4.69, 9.17) is 9.47 Å². The van der Waals surface area contributed by atoms with Crippen molar-refractivity contribution in [2.45, 2.75) is 24.9 Å². The summed E-state index contributed by atoms with van der Waals surface area (Å²) in [5.41, 5.74) is 0.320. The molecule has 3 nitrogen and oxygen atoms in total. The monoisotopic (exact) mass is 264 g/mol. The number of carbonyl (C=O) groups is 1. The Balaban J connectivity index is 1.74. The van der Waals surface area contributed by atoms with E-state index in [0.29, 0.717) is 31.8 Å². The molecule has 2 fully saturated rings. The summed E-state index contributed by atoms with van der Waals surface area (Å²) in [4.78, 5) is 12.4. The first kappa shape index (κ1) is 12.8. The van der Waals surface area contributed by atoms with Crippen LogP contribution in [0.1, 0.15) is 29.6 Å². The molecule has 19 heavy (non-hydrogen) atoms. The summed E-state index contributed by atoms with van der Waals surface area (Å²) in [6.07, 6.45) is 2.31. The zero-order chi connectivity index (χ0) is 13.3. The van der Waals surface area contributed by atoms with E-state index in [-0.39, 0.29) is 23.1 Å². The van der Waals surface area contributed by atoms with E-state index in [2.05, 4.69) is 0 Å². The lowest BCUT2D eigenvalue weighted by Gasteiger charge is -2.36. The van der Waals surface area contributed by atoms with Gasteiger partial charge in [-0.15, -0.1) is 0 Å². The van der Waals surface area contributed by atoms with Crippen molar-refractivity contribution in [2.75, 3.05) is 19.8 Å². The fourth-order valence-electron chi connectivity index (χ4n) is 2.96. The van der Waals surface area contributed by atoms with Gasteiger partial charge in [0.15, 0.2) is 5.78 Å². The lowest BCUT2D eigenvalue weighted by Crippen LogP contribution is -2.42. The van der Waals surface area contributed by atoms with Gasteiger partial charge in [-0.25, -0.2) is 4.39 Å². The van der Waals surface area contributed by atoms with Crippen LogP contribution in [0.2, 0.25) is 0 Å². The Labute approximate surface area is 111 Å². The Morgan fingerprint density at radius 2 is 2.05 bits per heavy atom. The molecule has 0 N–H and O–H groups in total. The maximum atomic E-state index is 12.9. The van der Waals surface area contributed by atoms with Crippen molar-refractivity contribution < 1.29 is 18.7 Å². The third kappa shape index (κ3) is 2.55. The number of benzene rings is 1. The van der Waals surface area contributed by atoms with Crippen LogP contribution in [0, 0.1) is 11.7 Å². The van der Waals surface area contributed by atoms with Gasteiger partial charge in [-0.1, -0.05) is 0 Å². The minimum absolute atomic E-state index is 0.0408. The van der Waals surface area contributed by atoms with Crippen molar-refractivity contribution in [2.24, 2.45) is 5.92 Å². The van der Waals surface area contributed by atoms with Crippen LogP contribution in [-0.2, 0) is 9.47 Å². The first-order valence-electron chi connectivity index (χ1n) is 6.70. The van der Waals surface area contributed by atoms with Gasteiger partial charge in [0, 0.05) is 31.1 Å². The largest absolute Gasteiger partial charge is 0.378 e. The van der Waals surface area contributed by atoms with Crippen molar-refractivity contribution in [3.8, 4) is 0 Å². The Hall–Kier alpha value is -1.26. The first-order chi connectivity index (χ1) is 9.19. The summed E-state index contributed by atoms with van der Waals surface area (Å²) in [5.74, 6) is -0.264. The highest BCUT2D eigenvalue weighted by molar-refractivity contribution is 5.97. The summed E-state index contributed by atoms with van der Waals surface area (Å²) < 4.78 is 24.1. The smallest absolute Gasteiger partial charge is 0.166 e. The van der Waals surface area contributed by atoms with Crippen molar-refractivity contribution in [3.05, 3.63) is 35.6 Å². The summed E-state index contributed by atoms with van der Waals surface area (Å²) >= 11 is 0. The van der Waals surface area contributed by atoms with Crippen molar-refractivity contribution in [1.82, 2.24) is 0 Å². The Kier molecular flexibility index (Phi) is 3.37. The SMILES string of the molecule is O=C(c1ccc(F)cc1)C1CCOC2(CCOC2)C1. The van der Waals surface area contributed by atoms with E-state index in [0.717, 1.165) is 12.8 Å². The predicted molar refractivity (Wildman–Crippen MR) is 67.6 cm³/mol. The molecule has 1 aromatic rings. The predicted octanol–water partition coefficient (Wildman–Crippen LogP) is 2.59. The third-order valence-electron chi connectivity index (χ3n) is 4.06. The number of hydrogen-bond donors (Lipinski definition) is 0. The van der Waals surface area contributed by atoms with Gasteiger partial charge >= 0.3 is 0 Å². The molecule has 4 heteroatoms. The van der Waals surface area contributed by atoms with Crippen LogP contribution in [0.5, 0.6) is 0 Å². The molecule has 0 bridgehead atoms. The van der Waals surface area contributed by atoms with Gasteiger partial charge in [0.05, 0.1) is 12.2 Å². The van der Waals surface area contributed by atoms with E-state index in [1.807, 2.05) is 0 Å². The van der Waals surface area contributed by atoms with Crippen LogP contribution in [0.25, 0.3) is 0 Å². The van der Waals surface area contributed by atoms with E-state index in [9.17, 15) is 9.18 Å². The van der Waals surface area contributed by atoms with Gasteiger partial charge in [0.1, 0.15) is 5.82 Å². The van der Waals surface area contributed by atoms with Crippen molar-refractivity contribution in [1.29, 1.82) is 0 Å². The van der Waals surface area contributed by atoms with Gasteiger partial charge in [0.25, 0.3) is 0 Å². The van der Waals surface area contributed by atoms with Crippen LogP contribution in [0.4, 0.5) is 4.39 Å². The maximum Gasteiger partial charge on any atom is 0.166 e. The zero-order valence-corrected chi connectivity index (χ0v) is 10.7. The highest BCUT2D eigenvalue weighted by atomic mass is 19.1. The lowest BCUT2D eigenvalue weighted by molar-refractivity contribution is -0.0920. The Morgan fingerprint density at radius 3 is 2.74 bits per heavy atom. The molecular formula is C15H17FO3. The molecule has 2 aliphatic heterocycles. The molecule has 0 saturated carbocycles. The minimum atomic E-state index is -0.316. The van der Waals surface area contributed by atoms with E-state index in [1.165, 1.54) is 12.1 Å². The lowest BCUT2D eigenvalue weighted by atomic mass is 9.81. The summed E-state index contributed by atoms with van der Waals surface area (Å²) in [6.45, 7) is 1.89. The van der Waals surface area contributed by atoms with Crippen LogP contribution >= 0.6 is 0 Å². The van der Waals surface area contributed by atoms with Gasteiger partial charge in [-0.3, -0.25) is 4.79 Å². The molecule has 2 saturated heterocycles. The molecule has 2 unspecified atom stereocenters. The third-order valence-corrected chi connectivity index (χ3v) is 4.06. The number of carbonyl (C=O) groups excluding carboxylic acids is 1. The molecular weight excluding hydrogens is 247 g/mol. The summed E-state index contributed by atoms with van der Waals surface area (Å²) in [5, 5.41) is 0.